The molecule has 0 aromatic heterocycles. The Bertz CT molecular complexity index is 303. The van der Waals surface area contributed by atoms with Gasteiger partial charge in [-0.2, -0.15) is 17.4 Å². The van der Waals surface area contributed by atoms with E-state index in [9.17, 15) is 13.2 Å². The second-order valence-corrected chi connectivity index (χ2v) is 4.74. The van der Waals surface area contributed by atoms with Gasteiger partial charge in [0.2, 0.25) is 0 Å². The van der Waals surface area contributed by atoms with Gasteiger partial charge in [0.1, 0.15) is 6.04 Å². The van der Waals surface area contributed by atoms with E-state index in [4.69, 9.17) is 5.11 Å². The number of hydrogen-bond donors (Lipinski definition) is 2. The summed E-state index contributed by atoms with van der Waals surface area (Å²) >= 11 is 0. The minimum absolute atomic E-state index is 0.107. The maximum atomic E-state index is 11.4. The average molecular weight is 240 g/mol. The molecule has 0 aliphatic carbocycles. The van der Waals surface area contributed by atoms with E-state index in [1.807, 2.05) is 0 Å². The van der Waals surface area contributed by atoms with Crippen LogP contribution in [0.2, 0.25) is 0 Å². The number of likely N-dealkylation sites (N-methyl/N-ethyl adjacent to an activating group) is 1. The third kappa shape index (κ3) is 4.56. The molecule has 1 unspecified atom stereocenters. The molecule has 1 atom stereocenters. The molecule has 0 aromatic rings. The zero-order valence-electron chi connectivity index (χ0n) is 8.93. The number of methoxy groups -OCH3 is 1. The van der Waals surface area contributed by atoms with Gasteiger partial charge < -0.3 is 9.84 Å². The number of ether oxygens (including phenoxy) is 1. The Balaban J connectivity index is 4.39. The summed E-state index contributed by atoms with van der Waals surface area (Å²) in [6.45, 7) is 1.63. The summed E-state index contributed by atoms with van der Waals surface area (Å²) in [4.78, 5) is 10.6. The molecule has 0 rings (SSSR count). The zero-order chi connectivity index (χ0) is 12.1. The quantitative estimate of drug-likeness (QED) is 0.549. The molecular formula is C7H16N2O5S. The van der Waals surface area contributed by atoms with E-state index in [-0.39, 0.29) is 13.2 Å². The summed E-state index contributed by atoms with van der Waals surface area (Å²) in [5.74, 6) is -1.20. The number of carboxylic acids is 1. The van der Waals surface area contributed by atoms with Gasteiger partial charge >= 0.3 is 5.97 Å². The molecule has 0 saturated heterocycles. The van der Waals surface area contributed by atoms with Crippen LogP contribution in [0.1, 0.15) is 6.92 Å². The fourth-order valence-corrected chi connectivity index (χ4v) is 1.79. The minimum atomic E-state index is -3.75. The summed E-state index contributed by atoms with van der Waals surface area (Å²) < 4.78 is 30.5. The van der Waals surface area contributed by atoms with Gasteiger partial charge in [-0.15, -0.1) is 0 Å². The first kappa shape index (κ1) is 14.3. The number of hydrogen-bond acceptors (Lipinski definition) is 4. The lowest BCUT2D eigenvalue weighted by molar-refractivity contribution is -0.140. The first-order valence-corrected chi connectivity index (χ1v) is 5.71. The summed E-state index contributed by atoms with van der Waals surface area (Å²) in [5.41, 5.74) is 0. The van der Waals surface area contributed by atoms with Crippen LogP contribution in [0, 0.1) is 0 Å². The topological polar surface area (TPSA) is 95.9 Å². The number of carboxylic acid groups (broad SMARTS) is 1. The first-order chi connectivity index (χ1) is 6.83. The van der Waals surface area contributed by atoms with Crippen LogP contribution in [0.3, 0.4) is 0 Å². The van der Waals surface area contributed by atoms with E-state index in [0.29, 0.717) is 0 Å². The van der Waals surface area contributed by atoms with Crippen LogP contribution in [-0.4, -0.2) is 57.1 Å². The van der Waals surface area contributed by atoms with Gasteiger partial charge in [-0.05, 0) is 6.92 Å². The summed E-state index contributed by atoms with van der Waals surface area (Å²) in [7, 11) is -1.11. The van der Waals surface area contributed by atoms with Gasteiger partial charge in [0, 0.05) is 20.7 Å². The van der Waals surface area contributed by atoms with Crippen molar-refractivity contribution in [1.29, 1.82) is 0 Å². The maximum Gasteiger partial charge on any atom is 0.321 e. The van der Waals surface area contributed by atoms with Crippen LogP contribution in [0.5, 0.6) is 0 Å². The SMILES string of the molecule is COCCNS(=O)(=O)N(C)C(C)C(=O)O. The highest BCUT2D eigenvalue weighted by Crippen LogP contribution is 2.01. The Morgan fingerprint density at radius 3 is 2.53 bits per heavy atom. The molecule has 7 nitrogen and oxygen atoms in total. The number of nitrogens with zero attached hydrogens (tertiary/aromatic N) is 1. The van der Waals surface area contributed by atoms with Gasteiger partial charge in [0.15, 0.2) is 0 Å². The normalized spacial score (nSPS) is 14.1. The molecule has 0 saturated carbocycles. The highest BCUT2D eigenvalue weighted by Gasteiger charge is 2.27. The third-order valence-electron chi connectivity index (χ3n) is 1.87. The van der Waals surface area contributed by atoms with Crippen LogP contribution in [0.15, 0.2) is 0 Å². The molecule has 0 aliphatic rings. The molecule has 0 bridgehead atoms. The van der Waals surface area contributed by atoms with E-state index >= 15 is 0 Å². The Morgan fingerprint density at radius 1 is 1.60 bits per heavy atom. The van der Waals surface area contributed by atoms with E-state index < -0.39 is 22.2 Å². The summed E-state index contributed by atoms with van der Waals surface area (Å²) in [6.07, 6.45) is 0. The Kier molecular flexibility index (Phi) is 5.73. The third-order valence-corrected chi connectivity index (χ3v) is 3.52. The van der Waals surface area contributed by atoms with Gasteiger partial charge in [-0.1, -0.05) is 0 Å². The fraction of sp³-hybridized carbons (Fsp3) is 0.857. The maximum absolute atomic E-state index is 11.4. The molecule has 0 aliphatic heterocycles. The molecule has 90 valence electrons. The highest BCUT2D eigenvalue weighted by atomic mass is 32.2. The smallest absolute Gasteiger partial charge is 0.321 e. The molecule has 8 heteroatoms. The molecule has 0 amide bonds. The van der Waals surface area contributed by atoms with Crippen LogP contribution >= 0.6 is 0 Å². The first-order valence-electron chi connectivity index (χ1n) is 4.27. The summed E-state index contributed by atoms with van der Waals surface area (Å²) in [6, 6.07) is -1.11. The van der Waals surface area contributed by atoms with E-state index in [2.05, 4.69) is 9.46 Å². The predicted octanol–water partition coefficient (Wildman–Crippen LogP) is -1.13. The Hall–Kier alpha value is -0.700. The lowest BCUT2D eigenvalue weighted by Crippen LogP contribution is -2.46. The molecule has 15 heavy (non-hydrogen) atoms. The van der Waals surface area contributed by atoms with Crippen molar-refractivity contribution in [3.63, 3.8) is 0 Å². The van der Waals surface area contributed by atoms with E-state index in [1.165, 1.54) is 21.1 Å². The van der Waals surface area contributed by atoms with E-state index in [1.54, 1.807) is 0 Å². The second kappa shape index (κ2) is 6.01. The van der Waals surface area contributed by atoms with Crippen LogP contribution in [0.4, 0.5) is 0 Å². The molecule has 0 fully saturated rings. The largest absolute Gasteiger partial charge is 0.480 e. The van der Waals surface area contributed by atoms with Crippen molar-refractivity contribution in [2.75, 3.05) is 27.3 Å². The van der Waals surface area contributed by atoms with Gasteiger partial charge in [0.05, 0.1) is 6.61 Å². The number of carbonyl (C=O) groups is 1. The van der Waals surface area contributed by atoms with Crippen molar-refractivity contribution < 1.29 is 23.1 Å². The lowest BCUT2D eigenvalue weighted by atomic mass is 10.4. The van der Waals surface area contributed by atoms with Crippen LogP contribution in [0.25, 0.3) is 0 Å². The molecular weight excluding hydrogens is 224 g/mol. The Labute approximate surface area is 89.2 Å². The average Bonchev–Trinajstić information content (AvgIpc) is 2.15. The Morgan fingerprint density at radius 2 is 2.13 bits per heavy atom. The molecule has 0 heterocycles. The lowest BCUT2D eigenvalue weighted by Gasteiger charge is -2.21. The van der Waals surface area contributed by atoms with Crippen LogP contribution < -0.4 is 4.72 Å². The highest BCUT2D eigenvalue weighted by molar-refractivity contribution is 7.87. The molecule has 2 N–H and O–H groups in total. The zero-order valence-corrected chi connectivity index (χ0v) is 9.74. The van der Waals surface area contributed by atoms with Crippen molar-refractivity contribution in [1.82, 2.24) is 9.03 Å². The number of nitrogens with one attached hydrogen (secondary N) is 1. The van der Waals surface area contributed by atoms with Crippen molar-refractivity contribution in [3.8, 4) is 0 Å². The predicted molar refractivity (Wildman–Crippen MR) is 53.7 cm³/mol. The molecule has 0 aromatic carbocycles. The minimum Gasteiger partial charge on any atom is -0.480 e. The van der Waals surface area contributed by atoms with Gasteiger partial charge in [0.25, 0.3) is 10.2 Å². The van der Waals surface area contributed by atoms with Gasteiger partial charge in [-0.3, -0.25) is 4.79 Å². The monoisotopic (exact) mass is 240 g/mol. The number of rotatable bonds is 7. The van der Waals surface area contributed by atoms with Crippen LogP contribution in [-0.2, 0) is 19.7 Å². The van der Waals surface area contributed by atoms with Crippen molar-refractivity contribution in [3.05, 3.63) is 0 Å². The fourth-order valence-electron chi connectivity index (χ4n) is 0.738. The van der Waals surface area contributed by atoms with Crippen molar-refractivity contribution in [2.24, 2.45) is 0 Å². The van der Waals surface area contributed by atoms with Crippen molar-refractivity contribution >= 4 is 16.2 Å². The van der Waals surface area contributed by atoms with Gasteiger partial charge in [-0.25, -0.2) is 0 Å². The molecule has 0 spiro atoms. The van der Waals surface area contributed by atoms with Crippen molar-refractivity contribution in [2.45, 2.75) is 13.0 Å². The summed E-state index contributed by atoms with van der Waals surface area (Å²) in [5, 5.41) is 8.63. The number of aliphatic carboxylic acids is 1. The second-order valence-electron chi connectivity index (χ2n) is 2.92. The standard InChI is InChI=1S/C7H16N2O5S/c1-6(7(10)11)9(2)15(12,13)8-4-5-14-3/h6,8H,4-5H2,1-3H3,(H,10,11). The van der Waals surface area contributed by atoms with E-state index in [0.717, 1.165) is 4.31 Å². The molecule has 0 radical (unpaired) electrons.